The minimum absolute atomic E-state index is 0.0173. The molecule has 0 aliphatic heterocycles. The van der Waals surface area contributed by atoms with E-state index in [1.165, 1.54) is 10.4 Å². The average molecular weight is 354 g/mol. The van der Waals surface area contributed by atoms with E-state index in [4.69, 9.17) is 4.42 Å². The lowest BCUT2D eigenvalue weighted by atomic mass is 10.1. The summed E-state index contributed by atoms with van der Waals surface area (Å²) < 4.78 is 5.44. The van der Waals surface area contributed by atoms with E-state index in [2.05, 4.69) is 40.7 Å². The summed E-state index contributed by atoms with van der Waals surface area (Å²) in [5.41, 5.74) is 2.32. The average Bonchev–Trinajstić information content (AvgIpc) is 3.28. The molecule has 25 heavy (non-hydrogen) atoms. The summed E-state index contributed by atoms with van der Waals surface area (Å²) in [4.78, 5) is 15.7. The molecule has 1 amide bonds. The highest BCUT2D eigenvalue weighted by Crippen LogP contribution is 2.14. The van der Waals surface area contributed by atoms with Gasteiger partial charge in [0.05, 0.1) is 19.4 Å². The van der Waals surface area contributed by atoms with Crippen LogP contribution >= 0.6 is 11.3 Å². The number of nitrogens with zero attached hydrogens (tertiary/aromatic N) is 1. The number of carbonyl (C=O) groups is 1. The van der Waals surface area contributed by atoms with Gasteiger partial charge < -0.3 is 9.73 Å². The number of nitrogens with one attached hydrogen (secondary N) is 1. The maximum absolute atomic E-state index is 12.4. The van der Waals surface area contributed by atoms with Crippen molar-refractivity contribution in [2.45, 2.75) is 26.6 Å². The molecule has 5 heteroatoms. The van der Waals surface area contributed by atoms with Gasteiger partial charge in [0.2, 0.25) is 5.91 Å². The third-order valence-corrected chi connectivity index (χ3v) is 4.76. The van der Waals surface area contributed by atoms with Crippen LogP contribution in [-0.2, 0) is 24.4 Å². The summed E-state index contributed by atoms with van der Waals surface area (Å²) in [6.45, 7) is 4.29. The minimum atomic E-state index is 0.0173. The zero-order valence-electron chi connectivity index (χ0n) is 14.3. The van der Waals surface area contributed by atoms with Gasteiger partial charge in [-0.05, 0) is 36.1 Å². The Morgan fingerprint density at radius 3 is 2.64 bits per heavy atom. The Hall–Kier alpha value is -2.37. The second-order valence-electron chi connectivity index (χ2n) is 6.07. The summed E-state index contributed by atoms with van der Waals surface area (Å²) >= 11 is 1.70. The second-order valence-corrected chi connectivity index (χ2v) is 7.10. The Bertz CT molecular complexity index is 728. The van der Waals surface area contributed by atoms with Crippen LogP contribution in [0.3, 0.4) is 0 Å². The molecular formula is C20H22N2O2S. The van der Waals surface area contributed by atoms with E-state index in [1.807, 2.05) is 30.3 Å². The van der Waals surface area contributed by atoms with Crippen molar-refractivity contribution in [3.63, 3.8) is 0 Å². The van der Waals surface area contributed by atoms with E-state index >= 15 is 0 Å². The number of benzene rings is 1. The largest absolute Gasteiger partial charge is 0.468 e. The van der Waals surface area contributed by atoms with E-state index in [0.29, 0.717) is 19.6 Å². The predicted octanol–water partition coefficient (Wildman–Crippen LogP) is 3.97. The van der Waals surface area contributed by atoms with Gasteiger partial charge in [0.25, 0.3) is 0 Å². The summed E-state index contributed by atoms with van der Waals surface area (Å²) in [6, 6.07) is 16.1. The molecule has 0 unspecified atom stereocenters. The minimum Gasteiger partial charge on any atom is -0.468 e. The molecule has 0 bridgehead atoms. The summed E-state index contributed by atoms with van der Waals surface area (Å²) in [6.07, 6.45) is 1.66. The highest BCUT2D eigenvalue weighted by atomic mass is 32.1. The smallest absolute Gasteiger partial charge is 0.234 e. The summed E-state index contributed by atoms with van der Waals surface area (Å²) in [7, 11) is 0. The fraction of sp³-hybridized carbons (Fsp3) is 0.250. The zero-order valence-corrected chi connectivity index (χ0v) is 15.1. The number of thiophene rings is 1. The van der Waals surface area contributed by atoms with Crippen LogP contribution < -0.4 is 5.32 Å². The van der Waals surface area contributed by atoms with Gasteiger partial charge in [-0.2, -0.15) is 0 Å². The second kappa shape index (κ2) is 8.65. The molecule has 2 heterocycles. The number of carbonyl (C=O) groups excluding carboxylic acids is 1. The lowest BCUT2D eigenvalue weighted by molar-refractivity contribution is -0.122. The van der Waals surface area contributed by atoms with Crippen molar-refractivity contribution in [3.05, 3.63) is 81.9 Å². The van der Waals surface area contributed by atoms with Crippen LogP contribution in [-0.4, -0.2) is 17.4 Å². The Morgan fingerprint density at radius 1 is 1.12 bits per heavy atom. The molecule has 3 rings (SSSR count). The molecule has 0 aliphatic carbocycles. The molecule has 0 aliphatic rings. The fourth-order valence-electron chi connectivity index (χ4n) is 2.58. The number of hydrogen-bond donors (Lipinski definition) is 1. The number of furan rings is 1. The lowest BCUT2D eigenvalue weighted by Crippen LogP contribution is -2.36. The van der Waals surface area contributed by atoms with E-state index in [9.17, 15) is 4.79 Å². The molecule has 0 saturated carbocycles. The van der Waals surface area contributed by atoms with E-state index in [1.54, 1.807) is 17.6 Å². The van der Waals surface area contributed by atoms with Crippen molar-refractivity contribution in [1.29, 1.82) is 0 Å². The lowest BCUT2D eigenvalue weighted by Gasteiger charge is -2.20. The molecule has 4 nitrogen and oxygen atoms in total. The van der Waals surface area contributed by atoms with Crippen molar-refractivity contribution in [2.24, 2.45) is 0 Å². The first kappa shape index (κ1) is 17.5. The molecule has 0 spiro atoms. The van der Waals surface area contributed by atoms with Gasteiger partial charge in [0.15, 0.2) is 0 Å². The normalized spacial score (nSPS) is 11.0. The maximum atomic E-state index is 12.4. The highest BCUT2D eigenvalue weighted by molar-refractivity contribution is 7.09. The molecule has 0 fully saturated rings. The van der Waals surface area contributed by atoms with Crippen molar-refractivity contribution < 1.29 is 9.21 Å². The topological polar surface area (TPSA) is 45.5 Å². The van der Waals surface area contributed by atoms with Gasteiger partial charge in [-0.1, -0.05) is 35.9 Å². The maximum Gasteiger partial charge on any atom is 0.234 e. The SMILES string of the molecule is Cc1ccc(CNC(=O)CN(Cc2ccco2)Cc2cccs2)cc1. The molecule has 1 aromatic carbocycles. The van der Waals surface area contributed by atoms with Crippen LogP contribution in [0.15, 0.2) is 64.6 Å². The van der Waals surface area contributed by atoms with E-state index in [0.717, 1.165) is 17.9 Å². The fourth-order valence-corrected chi connectivity index (χ4v) is 3.33. The Kier molecular flexibility index (Phi) is 6.04. The molecule has 0 atom stereocenters. The Balaban J connectivity index is 1.56. The number of amides is 1. The molecule has 1 N–H and O–H groups in total. The monoisotopic (exact) mass is 354 g/mol. The Morgan fingerprint density at radius 2 is 1.96 bits per heavy atom. The van der Waals surface area contributed by atoms with Crippen LogP contribution in [0.1, 0.15) is 21.8 Å². The summed E-state index contributed by atoms with van der Waals surface area (Å²) in [5.74, 6) is 0.881. The van der Waals surface area contributed by atoms with E-state index in [-0.39, 0.29) is 5.91 Å². The number of hydrogen-bond acceptors (Lipinski definition) is 4. The molecule has 0 radical (unpaired) electrons. The van der Waals surface area contributed by atoms with Gasteiger partial charge in [-0.15, -0.1) is 11.3 Å². The first-order chi connectivity index (χ1) is 12.2. The first-order valence-electron chi connectivity index (χ1n) is 8.28. The molecule has 3 aromatic rings. The van der Waals surface area contributed by atoms with Crippen LogP contribution in [0.4, 0.5) is 0 Å². The standard InChI is InChI=1S/C20H22N2O2S/c1-16-6-8-17(9-7-16)12-21-20(23)15-22(13-18-4-2-10-24-18)14-19-5-3-11-25-19/h2-11H,12-15H2,1H3,(H,21,23). The van der Waals surface area contributed by atoms with Crippen LogP contribution in [0.25, 0.3) is 0 Å². The van der Waals surface area contributed by atoms with Gasteiger partial charge in [0, 0.05) is 18.0 Å². The number of rotatable bonds is 8. The first-order valence-corrected chi connectivity index (χ1v) is 9.16. The molecular weight excluding hydrogens is 332 g/mol. The van der Waals surface area contributed by atoms with Gasteiger partial charge in [0.1, 0.15) is 5.76 Å². The van der Waals surface area contributed by atoms with Crippen LogP contribution in [0.2, 0.25) is 0 Å². The third-order valence-electron chi connectivity index (χ3n) is 3.90. The molecule has 130 valence electrons. The number of aryl methyl sites for hydroxylation is 1. The summed E-state index contributed by atoms with van der Waals surface area (Å²) in [5, 5.41) is 5.05. The molecule has 0 saturated heterocycles. The van der Waals surface area contributed by atoms with Crippen LogP contribution in [0.5, 0.6) is 0 Å². The van der Waals surface area contributed by atoms with Crippen molar-refractivity contribution in [2.75, 3.05) is 6.54 Å². The predicted molar refractivity (Wildman–Crippen MR) is 100 cm³/mol. The van der Waals surface area contributed by atoms with Crippen LogP contribution in [0, 0.1) is 6.92 Å². The van der Waals surface area contributed by atoms with E-state index < -0.39 is 0 Å². The van der Waals surface area contributed by atoms with Gasteiger partial charge in [-0.3, -0.25) is 9.69 Å². The highest BCUT2D eigenvalue weighted by Gasteiger charge is 2.14. The third kappa shape index (κ3) is 5.59. The van der Waals surface area contributed by atoms with Gasteiger partial charge in [-0.25, -0.2) is 0 Å². The zero-order chi connectivity index (χ0) is 17.5. The Labute approximate surface area is 152 Å². The van der Waals surface area contributed by atoms with Crippen molar-refractivity contribution in [3.8, 4) is 0 Å². The van der Waals surface area contributed by atoms with Crippen molar-refractivity contribution >= 4 is 17.2 Å². The van der Waals surface area contributed by atoms with Gasteiger partial charge >= 0.3 is 0 Å². The van der Waals surface area contributed by atoms with Crippen molar-refractivity contribution in [1.82, 2.24) is 10.2 Å². The molecule has 2 aromatic heterocycles. The quantitative estimate of drug-likeness (QED) is 0.666.